The molecule has 1 N–H and O–H groups in total. The summed E-state index contributed by atoms with van der Waals surface area (Å²) >= 11 is 0. The Morgan fingerprint density at radius 1 is 0.839 bits per heavy atom. The number of carbonyl (C=O) groups is 4. The molecule has 0 bridgehead atoms. The summed E-state index contributed by atoms with van der Waals surface area (Å²) in [6.45, 7) is 2.83. The summed E-state index contributed by atoms with van der Waals surface area (Å²) in [6.07, 6.45) is -10.0. The highest BCUT2D eigenvalue weighted by atomic mass is 32.2. The van der Waals surface area contributed by atoms with E-state index in [0.717, 1.165) is 27.7 Å². The number of halogens is 3. The average molecular weight is 482 g/mol. The van der Waals surface area contributed by atoms with Crippen LogP contribution in [-0.2, 0) is 52.4 Å². The SMILES string of the molecule is CC(=O)OCCC(OC(C)=O)C(OC(C)=O)C(OS(=O)(=O)C(F)(F)F)C(O)OC(C)=O. The number of ether oxygens (including phenoxy) is 4. The van der Waals surface area contributed by atoms with Crippen molar-refractivity contribution in [1.29, 1.82) is 0 Å². The van der Waals surface area contributed by atoms with Gasteiger partial charge >= 0.3 is 39.5 Å². The minimum absolute atomic E-state index is 0.520. The number of rotatable bonds is 11. The molecular formula is C15H21F3O12S. The van der Waals surface area contributed by atoms with Gasteiger partial charge in [-0.25, -0.2) is 4.18 Å². The fourth-order valence-electron chi connectivity index (χ4n) is 2.07. The molecule has 0 aromatic carbocycles. The van der Waals surface area contributed by atoms with E-state index in [1.165, 1.54) is 0 Å². The van der Waals surface area contributed by atoms with Crippen LogP contribution in [0.25, 0.3) is 0 Å². The van der Waals surface area contributed by atoms with E-state index < -0.39 is 77.1 Å². The van der Waals surface area contributed by atoms with E-state index in [1.807, 2.05) is 0 Å². The highest BCUT2D eigenvalue weighted by Gasteiger charge is 2.53. The zero-order valence-electron chi connectivity index (χ0n) is 16.7. The topological polar surface area (TPSA) is 169 Å². The van der Waals surface area contributed by atoms with Gasteiger partial charge in [-0.05, 0) is 0 Å². The lowest BCUT2D eigenvalue weighted by Gasteiger charge is -2.33. The van der Waals surface area contributed by atoms with Crippen LogP contribution in [0.3, 0.4) is 0 Å². The van der Waals surface area contributed by atoms with Gasteiger partial charge in [-0.3, -0.25) is 19.2 Å². The molecule has 0 saturated heterocycles. The molecule has 4 atom stereocenters. The minimum Gasteiger partial charge on any atom is -0.466 e. The largest absolute Gasteiger partial charge is 0.523 e. The molecule has 0 spiro atoms. The van der Waals surface area contributed by atoms with Gasteiger partial charge in [-0.15, -0.1) is 0 Å². The molecule has 0 saturated carbocycles. The van der Waals surface area contributed by atoms with Crippen LogP contribution >= 0.6 is 0 Å². The third-order valence-electron chi connectivity index (χ3n) is 3.11. The molecule has 0 aromatic heterocycles. The molecule has 0 heterocycles. The number of alkyl halides is 3. The second-order valence-electron chi connectivity index (χ2n) is 5.81. The van der Waals surface area contributed by atoms with Crippen LogP contribution in [0.5, 0.6) is 0 Å². The van der Waals surface area contributed by atoms with E-state index in [4.69, 9.17) is 9.47 Å². The standard InChI is InChI=1S/C15H21F3O12S/c1-7(19)26-6-5-11(27-8(2)20)12(28-9(3)21)13(14(23)29-10(4)22)30-31(24,25)15(16,17)18/h11-14,23H,5-6H2,1-4H3. The molecule has 12 nitrogen and oxygen atoms in total. The second-order valence-corrected chi connectivity index (χ2v) is 7.37. The first kappa shape index (κ1) is 28.5. The van der Waals surface area contributed by atoms with Crippen molar-refractivity contribution in [3.8, 4) is 0 Å². The zero-order valence-corrected chi connectivity index (χ0v) is 17.5. The van der Waals surface area contributed by atoms with E-state index in [1.54, 1.807) is 0 Å². The molecule has 4 unspecified atom stereocenters. The Morgan fingerprint density at radius 2 is 1.32 bits per heavy atom. The van der Waals surface area contributed by atoms with E-state index in [-0.39, 0.29) is 0 Å². The monoisotopic (exact) mass is 482 g/mol. The first-order valence-corrected chi connectivity index (χ1v) is 9.71. The lowest BCUT2D eigenvalue weighted by Crippen LogP contribution is -2.53. The van der Waals surface area contributed by atoms with Gasteiger partial charge in [0, 0.05) is 34.1 Å². The van der Waals surface area contributed by atoms with Crippen molar-refractivity contribution in [2.24, 2.45) is 0 Å². The molecular weight excluding hydrogens is 461 g/mol. The van der Waals surface area contributed by atoms with Gasteiger partial charge in [0.25, 0.3) is 0 Å². The van der Waals surface area contributed by atoms with Crippen molar-refractivity contribution >= 4 is 34.0 Å². The van der Waals surface area contributed by atoms with Gasteiger partial charge in [-0.1, -0.05) is 0 Å². The van der Waals surface area contributed by atoms with Crippen molar-refractivity contribution in [2.45, 2.75) is 64.2 Å². The first-order chi connectivity index (χ1) is 14.0. The molecule has 0 rings (SSSR count). The lowest BCUT2D eigenvalue weighted by atomic mass is 10.0. The van der Waals surface area contributed by atoms with Gasteiger partial charge < -0.3 is 24.1 Å². The van der Waals surface area contributed by atoms with Crippen molar-refractivity contribution in [1.82, 2.24) is 0 Å². The molecule has 0 radical (unpaired) electrons. The minimum atomic E-state index is -6.42. The summed E-state index contributed by atoms with van der Waals surface area (Å²) in [6, 6.07) is 0. The molecule has 31 heavy (non-hydrogen) atoms. The van der Waals surface area contributed by atoms with Crippen LogP contribution in [0.2, 0.25) is 0 Å². The van der Waals surface area contributed by atoms with Crippen LogP contribution in [0.4, 0.5) is 13.2 Å². The smallest absolute Gasteiger partial charge is 0.466 e. The lowest BCUT2D eigenvalue weighted by molar-refractivity contribution is -0.214. The number of carbonyl (C=O) groups excluding carboxylic acids is 4. The van der Waals surface area contributed by atoms with Crippen LogP contribution in [0.1, 0.15) is 34.1 Å². The Balaban J connectivity index is 6.28. The highest BCUT2D eigenvalue weighted by molar-refractivity contribution is 7.87. The summed E-state index contributed by atoms with van der Waals surface area (Å²) < 4.78 is 83.7. The molecule has 0 amide bonds. The van der Waals surface area contributed by atoms with Gasteiger partial charge in [0.1, 0.15) is 6.10 Å². The van der Waals surface area contributed by atoms with Gasteiger partial charge in [0.05, 0.1) is 6.61 Å². The molecule has 0 fully saturated rings. The molecule has 0 aliphatic rings. The van der Waals surface area contributed by atoms with Crippen LogP contribution in [0, 0.1) is 0 Å². The third kappa shape index (κ3) is 10.4. The molecule has 16 heteroatoms. The van der Waals surface area contributed by atoms with E-state index >= 15 is 0 Å². The number of aliphatic hydroxyl groups excluding tert-OH is 1. The van der Waals surface area contributed by atoms with Gasteiger partial charge in [0.15, 0.2) is 12.2 Å². The predicted octanol–water partition coefficient (Wildman–Crippen LogP) is -0.0807. The second kappa shape index (κ2) is 11.8. The summed E-state index contributed by atoms with van der Waals surface area (Å²) in [4.78, 5) is 44.9. The Hall–Kier alpha value is -2.46. The maximum Gasteiger partial charge on any atom is 0.523 e. The average Bonchev–Trinajstić information content (AvgIpc) is 2.54. The number of esters is 4. The third-order valence-corrected chi connectivity index (χ3v) is 4.15. The molecule has 0 aromatic rings. The summed E-state index contributed by atoms with van der Waals surface area (Å²) in [5.41, 5.74) is -5.98. The van der Waals surface area contributed by atoms with E-state index in [9.17, 15) is 45.9 Å². The van der Waals surface area contributed by atoms with Crippen LogP contribution < -0.4 is 0 Å². The van der Waals surface area contributed by atoms with Crippen molar-refractivity contribution in [2.75, 3.05) is 6.61 Å². The Labute approximate surface area is 174 Å². The summed E-state index contributed by atoms with van der Waals surface area (Å²) in [5, 5.41) is 9.97. The Morgan fingerprint density at radius 3 is 1.71 bits per heavy atom. The normalized spacial score (nSPS) is 15.7. The predicted molar refractivity (Wildman–Crippen MR) is 90.0 cm³/mol. The highest BCUT2D eigenvalue weighted by Crippen LogP contribution is 2.29. The fourth-order valence-corrected chi connectivity index (χ4v) is 2.68. The van der Waals surface area contributed by atoms with E-state index in [2.05, 4.69) is 13.7 Å². The summed E-state index contributed by atoms with van der Waals surface area (Å²) in [7, 11) is -6.42. The number of hydrogen-bond acceptors (Lipinski definition) is 12. The molecule has 0 aliphatic carbocycles. The number of aliphatic hydroxyl groups is 1. The van der Waals surface area contributed by atoms with Gasteiger partial charge in [-0.2, -0.15) is 21.6 Å². The van der Waals surface area contributed by atoms with Crippen molar-refractivity contribution in [3.05, 3.63) is 0 Å². The van der Waals surface area contributed by atoms with Crippen molar-refractivity contribution < 1.29 is 69.0 Å². The van der Waals surface area contributed by atoms with E-state index in [0.29, 0.717) is 0 Å². The van der Waals surface area contributed by atoms with Crippen LogP contribution in [-0.4, -0.2) is 74.1 Å². The maximum atomic E-state index is 12.8. The first-order valence-electron chi connectivity index (χ1n) is 8.30. The van der Waals surface area contributed by atoms with Crippen LogP contribution in [0.15, 0.2) is 0 Å². The summed E-state index contributed by atoms with van der Waals surface area (Å²) in [5.74, 6) is -4.35. The maximum absolute atomic E-state index is 12.8. The van der Waals surface area contributed by atoms with Gasteiger partial charge in [0.2, 0.25) is 6.29 Å². The fraction of sp³-hybridized carbons (Fsp3) is 0.733. The quantitative estimate of drug-likeness (QED) is 0.137. The molecule has 180 valence electrons. The Kier molecular flexibility index (Phi) is 10.9. The molecule has 0 aliphatic heterocycles. The van der Waals surface area contributed by atoms with Crippen molar-refractivity contribution in [3.63, 3.8) is 0 Å². The Bertz CT molecular complexity index is 764. The zero-order chi connectivity index (χ0) is 24.6. The number of hydrogen-bond donors (Lipinski definition) is 1.